The van der Waals surface area contributed by atoms with Crippen LogP contribution in [0.2, 0.25) is 0 Å². The van der Waals surface area contributed by atoms with Crippen LogP contribution in [0.5, 0.6) is 0 Å². The average Bonchev–Trinajstić information content (AvgIpc) is 3.11. The van der Waals surface area contributed by atoms with Crippen LogP contribution in [0.4, 0.5) is 5.82 Å². The molecular weight excluding hydrogens is 332 g/mol. The Morgan fingerprint density at radius 2 is 2.00 bits per heavy atom. The Kier molecular flexibility index (Phi) is 3.91. The summed E-state index contributed by atoms with van der Waals surface area (Å²) in [5, 5.41) is 17.3. The van der Waals surface area contributed by atoms with Crippen molar-refractivity contribution in [1.29, 1.82) is 0 Å². The van der Waals surface area contributed by atoms with Crippen LogP contribution in [0, 0.1) is 6.92 Å². The molecule has 0 saturated carbocycles. The van der Waals surface area contributed by atoms with E-state index < -0.39 is 0 Å². The van der Waals surface area contributed by atoms with Crippen LogP contribution in [-0.2, 0) is 12.0 Å². The number of likely N-dealkylation sites (N-methyl/N-ethyl adjacent to an activating group) is 1. The van der Waals surface area contributed by atoms with Gasteiger partial charge in [-0.3, -0.25) is 4.90 Å². The molecule has 1 saturated heterocycles. The molecule has 0 amide bonds. The van der Waals surface area contributed by atoms with E-state index in [1.165, 1.54) is 0 Å². The zero-order valence-electron chi connectivity index (χ0n) is 15.8. The Morgan fingerprint density at radius 3 is 2.65 bits per heavy atom. The molecule has 9 heteroatoms. The van der Waals surface area contributed by atoms with Gasteiger partial charge in [0.25, 0.3) is 0 Å². The SMILES string of the molecule is Cc1nc(CN(C)C2CN(c3ccc4nnc(C(C)(C)C)n4n3)C2)no1. The molecule has 0 unspecified atom stereocenters. The van der Waals surface area contributed by atoms with Crippen molar-refractivity contribution >= 4 is 11.5 Å². The first kappa shape index (κ1) is 16.9. The number of hydrogen-bond acceptors (Lipinski definition) is 8. The highest BCUT2D eigenvalue weighted by Gasteiger charge is 2.32. The zero-order chi connectivity index (χ0) is 18.5. The van der Waals surface area contributed by atoms with Gasteiger partial charge >= 0.3 is 0 Å². The molecule has 1 fully saturated rings. The molecule has 0 aliphatic carbocycles. The fourth-order valence-electron chi connectivity index (χ4n) is 3.09. The van der Waals surface area contributed by atoms with Gasteiger partial charge in [-0.1, -0.05) is 25.9 Å². The summed E-state index contributed by atoms with van der Waals surface area (Å²) < 4.78 is 6.89. The van der Waals surface area contributed by atoms with Crippen molar-refractivity contribution < 1.29 is 4.52 Å². The van der Waals surface area contributed by atoms with E-state index in [0.717, 1.165) is 36.2 Å². The van der Waals surface area contributed by atoms with Crippen molar-refractivity contribution in [2.24, 2.45) is 0 Å². The van der Waals surface area contributed by atoms with E-state index in [-0.39, 0.29) is 5.41 Å². The number of fused-ring (bicyclic) bond motifs is 1. The maximum Gasteiger partial charge on any atom is 0.223 e. The Bertz CT molecular complexity index is 918. The van der Waals surface area contributed by atoms with Crippen molar-refractivity contribution in [3.05, 3.63) is 29.7 Å². The van der Waals surface area contributed by atoms with E-state index in [0.29, 0.717) is 18.5 Å². The summed E-state index contributed by atoms with van der Waals surface area (Å²) in [6.07, 6.45) is 0. The third kappa shape index (κ3) is 3.03. The normalized spacial score (nSPS) is 15.8. The number of aromatic nitrogens is 6. The van der Waals surface area contributed by atoms with Crippen LogP contribution in [0.15, 0.2) is 16.7 Å². The van der Waals surface area contributed by atoms with Crippen LogP contribution < -0.4 is 4.90 Å². The van der Waals surface area contributed by atoms with Crippen molar-refractivity contribution in [2.75, 3.05) is 25.0 Å². The van der Waals surface area contributed by atoms with E-state index in [1.807, 2.05) is 16.6 Å². The molecule has 3 aromatic rings. The molecule has 3 aromatic heterocycles. The Balaban J connectivity index is 1.45. The maximum atomic E-state index is 5.04. The topological polar surface area (TPSA) is 88.5 Å². The third-order valence-corrected chi connectivity index (χ3v) is 4.69. The van der Waals surface area contributed by atoms with Crippen molar-refractivity contribution in [1.82, 2.24) is 34.9 Å². The molecule has 0 bridgehead atoms. The standard InChI is InChI=1S/C17H24N8O/c1-11-18-13(22-26-11)10-23(5)12-8-24(9-12)15-7-6-14-19-20-16(17(2,3)4)25(14)21-15/h6-7,12H,8-10H2,1-5H3. The first-order valence-corrected chi connectivity index (χ1v) is 8.78. The van der Waals surface area contributed by atoms with Gasteiger partial charge in [0.05, 0.1) is 6.54 Å². The Morgan fingerprint density at radius 1 is 1.23 bits per heavy atom. The van der Waals surface area contributed by atoms with E-state index in [4.69, 9.17) is 9.62 Å². The largest absolute Gasteiger partial charge is 0.352 e. The van der Waals surface area contributed by atoms with Gasteiger partial charge in [0, 0.05) is 31.5 Å². The minimum absolute atomic E-state index is 0.106. The summed E-state index contributed by atoms with van der Waals surface area (Å²) >= 11 is 0. The van der Waals surface area contributed by atoms with Gasteiger partial charge in [-0.25, -0.2) is 0 Å². The van der Waals surface area contributed by atoms with Crippen LogP contribution in [-0.4, -0.2) is 61.0 Å². The molecular formula is C17H24N8O. The number of aryl methyl sites for hydroxylation is 1. The molecule has 26 heavy (non-hydrogen) atoms. The quantitative estimate of drug-likeness (QED) is 0.694. The lowest BCUT2D eigenvalue weighted by atomic mass is 9.96. The van der Waals surface area contributed by atoms with Gasteiger partial charge in [-0.15, -0.1) is 15.3 Å². The second-order valence-electron chi connectivity index (χ2n) is 7.94. The lowest BCUT2D eigenvalue weighted by molar-refractivity contribution is 0.190. The second kappa shape index (κ2) is 6.01. The highest BCUT2D eigenvalue weighted by molar-refractivity contribution is 5.48. The molecule has 0 radical (unpaired) electrons. The molecule has 0 spiro atoms. The molecule has 0 aromatic carbocycles. The van der Waals surface area contributed by atoms with Crippen molar-refractivity contribution in [3.63, 3.8) is 0 Å². The fraction of sp³-hybridized carbons (Fsp3) is 0.588. The second-order valence-corrected chi connectivity index (χ2v) is 7.94. The van der Waals surface area contributed by atoms with Crippen LogP contribution in [0.1, 0.15) is 38.3 Å². The van der Waals surface area contributed by atoms with Crippen LogP contribution >= 0.6 is 0 Å². The number of hydrogen-bond donors (Lipinski definition) is 0. The monoisotopic (exact) mass is 356 g/mol. The third-order valence-electron chi connectivity index (χ3n) is 4.69. The van der Waals surface area contributed by atoms with Crippen LogP contribution in [0.25, 0.3) is 5.65 Å². The van der Waals surface area contributed by atoms with Crippen molar-refractivity contribution in [2.45, 2.75) is 45.7 Å². The number of rotatable bonds is 4. The Hall–Kier alpha value is -2.55. The molecule has 1 aliphatic heterocycles. The molecule has 4 rings (SSSR count). The minimum Gasteiger partial charge on any atom is -0.352 e. The molecule has 138 valence electrons. The number of anilines is 1. The van der Waals surface area contributed by atoms with Crippen LogP contribution in [0.3, 0.4) is 0 Å². The first-order valence-electron chi connectivity index (χ1n) is 8.78. The lowest BCUT2D eigenvalue weighted by Crippen LogP contribution is -2.58. The Labute approximate surface area is 152 Å². The molecule has 4 heterocycles. The van der Waals surface area contributed by atoms with Gasteiger partial charge < -0.3 is 9.42 Å². The lowest BCUT2D eigenvalue weighted by Gasteiger charge is -2.44. The van der Waals surface area contributed by atoms with E-state index >= 15 is 0 Å². The predicted octanol–water partition coefficient (Wildman–Crippen LogP) is 1.43. The maximum absolute atomic E-state index is 5.04. The predicted molar refractivity (Wildman–Crippen MR) is 96.0 cm³/mol. The van der Waals surface area contributed by atoms with E-state index in [1.54, 1.807) is 6.92 Å². The fourth-order valence-corrected chi connectivity index (χ4v) is 3.09. The summed E-state index contributed by atoms with van der Waals surface area (Å²) in [7, 11) is 2.09. The minimum atomic E-state index is -0.106. The summed E-state index contributed by atoms with van der Waals surface area (Å²) in [6.45, 7) is 10.7. The highest BCUT2D eigenvalue weighted by atomic mass is 16.5. The zero-order valence-corrected chi connectivity index (χ0v) is 15.8. The number of nitrogens with zero attached hydrogens (tertiary/aromatic N) is 8. The van der Waals surface area contributed by atoms with Gasteiger partial charge in [0.15, 0.2) is 17.3 Å². The van der Waals surface area contributed by atoms with Crippen molar-refractivity contribution in [3.8, 4) is 0 Å². The smallest absolute Gasteiger partial charge is 0.223 e. The first-order chi connectivity index (χ1) is 12.3. The molecule has 9 nitrogen and oxygen atoms in total. The van der Waals surface area contributed by atoms with E-state index in [2.05, 4.69) is 58.0 Å². The summed E-state index contributed by atoms with van der Waals surface area (Å²) in [6, 6.07) is 4.42. The summed E-state index contributed by atoms with van der Waals surface area (Å²) in [5.41, 5.74) is 0.672. The van der Waals surface area contributed by atoms with Gasteiger partial charge in [0.2, 0.25) is 5.89 Å². The molecule has 0 atom stereocenters. The molecule has 0 N–H and O–H groups in total. The average molecular weight is 356 g/mol. The van der Waals surface area contributed by atoms with E-state index in [9.17, 15) is 0 Å². The van der Waals surface area contributed by atoms with Gasteiger partial charge in [0.1, 0.15) is 5.82 Å². The van der Waals surface area contributed by atoms with Gasteiger partial charge in [-0.05, 0) is 19.2 Å². The molecule has 1 aliphatic rings. The summed E-state index contributed by atoms with van der Waals surface area (Å²) in [4.78, 5) is 8.77. The van der Waals surface area contributed by atoms with Gasteiger partial charge in [-0.2, -0.15) is 9.50 Å². The summed E-state index contributed by atoms with van der Waals surface area (Å²) in [5.74, 6) is 3.14. The highest BCUT2D eigenvalue weighted by Crippen LogP contribution is 2.25.